The zero-order valence-corrected chi connectivity index (χ0v) is 19.1. The van der Waals surface area contributed by atoms with E-state index in [1.54, 1.807) is 12.4 Å². The van der Waals surface area contributed by atoms with Crippen LogP contribution >= 0.6 is 0 Å². The summed E-state index contributed by atoms with van der Waals surface area (Å²) in [6, 6.07) is 8.42. The van der Waals surface area contributed by atoms with E-state index in [4.69, 9.17) is 4.74 Å². The molecule has 164 valence electrons. The lowest BCUT2D eigenvalue weighted by molar-refractivity contribution is 0.302. The van der Waals surface area contributed by atoms with Crippen LogP contribution in [0.2, 0.25) is 0 Å². The Morgan fingerprint density at radius 3 is 2.00 bits per heavy atom. The number of ether oxygens (including phenoxy) is 1. The van der Waals surface area contributed by atoms with Gasteiger partial charge in [0.05, 0.1) is 19.0 Å². The lowest BCUT2D eigenvalue weighted by Crippen LogP contribution is -1.99. The summed E-state index contributed by atoms with van der Waals surface area (Å²) in [7, 11) is 0. The summed E-state index contributed by atoms with van der Waals surface area (Å²) in [6.07, 6.45) is 23.5. The van der Waals surface area contributed by atoms with Crippen LogP contribution in [-0.4, -0.2) is 16.6 Å². The Labute approximate surface area is 184 Å². The highest BCUT2D eigenvalue weighted by molar-refractivity contribution is 5.59. The van der Waals surface area contributed by atoms with Crippen molar-refractivity contribution in [2.24, 2.45) is 0 Å². The number of hydrogen-bond donors (Lipinski definition) is 0. The van der Waals surface area contributed by atoms with E-state index in [2.05, 4.69) is 60.2 Å². The summed E-state index contributed by atoms with van der Waals surface area (Å²) >= 11 is 0. The van der Waals surface area contributed by atoms with Crippen molar-refractivity contribution >= 4 is 6.08 Å². The molecule has 1 heterocycles. The van der Waals surface area contributed by atoms with E-state index in [0.717, 1.165) is 36.6 Å². The Kier molecular flexibility index (Phi) is 12.6. The molecule has 2 rings (SSSR count). The molecule has 0 spiro atoms. The molecule has 0 N–H and O–H groups in total. The fourth-order valence-electron chi connectivity index (χ4n) is 3.44. The van der Waals surface area contributed by atoms with Crippen molar-refractivity contribution in [1.82, 2.24) is 9.97 Å². The van der Waals surface area contributed by atoms with Gasteiger partial charge in [-0.05, 0) is 24.8 Å². The van der Waals surface area contributed by atoms with Gasteiger partial charge in [-0.2, -0.15) is 0 Å². The van der Waals surface area contributed by atoms with Gasteiger partial charge in [-0.3, -0.25) is 0 Å². The van der Waals surface area contributed by atoms with E-state index >= 15 is 0 Å². The van der Waals surface area contributed by atoms with Crippen molar-refractivity contribution in [2.75, 3.05) is 6.61 Å². The number of rotatable bonds is 16. The van der Waals surface area contributed by atoms with Crippen LogP contribution < -0.4 is 4.74 Å². The van der Waals surface area contributed by atoms with Gasteiger partial charge in [0.2, 0.25) is 0 Å². The molecule has 2 aromatic rings. The Morgan fingerprint density at radius 1 is 0.733 bits per heavy atom. The Morgan fingerprint density at radius 2 is 1.33 bits per heavy atom. The van der Waals surface area contributed by atoms with Gasteiger partial charge in [0.1, 0.15) is 0 Å². The molecule has 0 radical (unpaired) electrons. The number of allylic oxidation sites excluding steroid dienone is 1. The standard InChI is InChI=1S/C27H40N2O/c1-3-5-7-9-10-11-13-15-21-30-26-22-28-27(29-23-26)25-19-17-24(18-20-25)16-14-12-8-6-4-2/h14,16-20,22-23H,3-13,15,21H2,1-2H3/b16-14+. The maximum atomic E-state index is 5.80. The molecule has 3 nitrogen and oxygen atoms in total. The van der Waals surface area contributed by atoms with Crippen LogP contribution in [0.5, 0.6) is 5.75 Å². The van der Waals surface area contributed by atoms with Crippen molar-refractivity contribution in [3.05, 3.63) is 48.3 Å². The van der Waals surface area contributed by atoms with Gasteiger partial charge in [-0.25, -0.2) is 9.97 Å². The molecule has 0 saturated heterocycles. The first-order valence-corrected chi connectivity index (χ1v) is 12.0. The molecule has 0 fully saturated rings. The number of nitrogens with zero attached hydrogens (tertiary/aromatic N) is 2. The number of hydrogen-bond acceptors (Lipinski definition) is 3. The predicted molar refractivity (Wildman–Crippen MR) is 129 cm³/mol. The molecule has 0 saturated carbocycles. The zero-order valence-electron chi connectivity index (χ0n) is 19.1. The van der Waals surface area contributed by atoms with Crippen molar-refractivity contribution in [2.45, 2.75) is 90.9 Å². The number of unbranched alkanes of at least 4 members (excludes halogenated alkanes) is 10. The monoisotopic (exact) mass is 408 g/mol. The fourth-order valence-corrected chi connectivity index (χ4v) is 3.44. The average Bonchev–Trinajstić information content (AvgIpc) is 2.79. The van der Waals surface area contributed by atoms with Gasteiger partial charge in [0.25, 0.3) is 0 Å². The van der Waals surface area contributed by atoms with Crippen LogP contribution in [0.3, 0.4) is 0 Å². The van der Waals surface area contributed by atoms with E-state index in [0.29, 0.717) is 0 Å². The SMILES string of the molecule is CCCCC/C=C/c1ccc(-c2ncc(OCCCCCCCCCC)cn2)cc1. The second-order valence-corrected chi connectivity index (χ2v) is 8.09. The average molecular weight is 409 g/mol. The smallest absolute Gasteiger partial charge is 0.159 e. The molecule has 1 aromatic carbocycles. The minimum Gasteiger partial charge on any atom is -0.490 e. The third-order valence-corrected chi connectivity index (χ3v) is 5.35. The lowest BCUT2D eigenvalue weighted by atomic mass is 10.1. The van der Waals surface area contributed by atoms with Crippen LogP contribution in [-0.2, 0) is 0 Å². The highest BCUT2D eigenvalue weighted by Gasteiger charge is 2.02. The summed E-state index contributed by atoms with van der Waals surface area (Å²) in [5.41, 5.74) is 2.26. The summed E-state index contributed by atoms with van der Waals surface area (Å²) in [5, 5.41) is 0. The van der Waals surface area contributed by atoms with Crippen LogP contribution in [0.15, 0.2) is 42.7 Å². The fraction of sp³-hybridized carbons (Fsp3) is 0.556. The van der Waals surface area contributed by atoms with Crippen LogP contribution in [0.4, 0.5) is 0 Å². The lowest BCUT2D eigenvalue weighted by Gasteiger charge is -2.06. The molecule has 0 aliphatic carbocycles. The number of benzene rings is 1. The van der Waals surface area contributed by atoms with E-state index in [9.17, 15) is 0 Å². The highest BCUT2D eigenvalue weighted by atomic mass is 16.5. The van der Waals surface area contributed by atoms with Crippen molar-refractivity contribution < 1.29 is 4.74 Å². The molecule has 0 atom stereocenters. The van der Waals surface area contributed by atoms with Gasteiger partial charge >= 0.3 is 0 Å². The minimum absolute atomic E-state index is 0.743. The molecule has 0 aliphatic heterocycles. The van der Waals surface area contributed by atoms with Gasteiger partial charge in [-0.1, -0.05) is 108 Å². The van der Waals surface area contributed by atoms with Gasteiger partial charge < -0.3 is 4.74 Å². The largest absolute Gasteiger partial charge is 0.490 e. The molecule has 0 bridgehead atoms. The molecular formula is C27H40N2O. The van der Waals surface area contributed by atoms with E-state index in [1.807, 2.05) is 0 Å². The molecule has 0 amide bonds. The van der Waals surface area contributed by atoms with E-state index in [-0.39, 0.29) is 0 Å². The molecule has 1 aromatic heterocycles. The molecular weight excluding hydrogens is 368 g/mol. The van der Waals surface area contributed by atoms with Crippen molar-refractivity contribution in [1.29, 1.82) is 0 Å². The first kappa shape index (κ1) is 24.1. The summed E-state index contributed by atoms with van der Waals surface area (Å²) < 4.78 is 5.80. The highest BCUT2D eigenvalue weighted by Crippen LogP contribution is 2.18. The van der Waals surface area contributed by atoms with Gasteiger partial charge in [-0.15, -0.1) is 0 Å². The van der Waals surface area contributed by atoms with Crippen molar-refractivity contribution in [3.63, 3.8) is 0 Å². The summed E-state index contributed by atoms with van der Waals surface area (Å²) in [6.45, 7) is 5.25. The first-order chi connectivity index (χ1) is 14.8. The predicted octanol–water partition coefficient (Wildman–Crippen LogP) is 8.26. The molecule has 0 aliphatic rings. The summed E-state index contributed by atoms with van der Waals surface area (Å²) in [4.78, 5) is 8.95. The van der Waals surface area contributed by atoms with E-state index < -0.39 is 0 Å². The van der Waals surface area contributed by atoms with Crippen LogP contribution in [0.1, 0.15) is 96.5 Å². The topological polar surface area (TPSA) is 35.0 Å². The quantitative estimate of drug-likeness (QED) is 0.262. The molecule has 30 heavy (non-hydrogen) atoms. The van der Waals surface area contributed by atoms with Crippen molar-refractivity contribution in [3.8, 4) is 17.1 Å². The maximum absolute atomic E-state index is 5.80. The Balaban J connectivity index is 1.67. The normalized spacial score (nSPS) is 11.3. The van der Waals surface area contributed by atoms with Gasteiger partial charge in [0, 0.05) is 5.56 Å². The first-order valence-electron chi connectivity index (χ1n) is 12.0. The second kappa shape index (κ2) is 15.6. The minimum atomic E-state index is 0.743. The number of aromatic nitrogens is 2. The Bertz CT molecular complexity index is 692. The van der Waals surface area contributed by atoms with Crippen LogP contribution in [0, 0.1) is 0 Å². The summed E-state index contributed by atoms with van der Waals surface area (Å²) in [5.74, 6) is 1.50. The molecule has 0 unspecified atom stereocenters. The zero-order chi connectivity index (χ0) is 21.3. The maximum Gasteiger partial charge on any atom is 0.159 e. The Hall–Kier alpha value is -2.16. The van der Waals surface area contributed by atoms with Crippen LogP contribution in [0.25, 0.3) is 17.5 Å². The third-order valence-electron chi connectivity index (χ3n) is 5.35. The van der Waals surface area contributed by atoms with E-state index in [1.165, 1.54) is 69.8 Å². The molecule has 3 heteroatoms. The second-order valence-electron chi connectivity index (χ2n) is 8.09. The van der Waals surface area contributed by atoms with Gasteiger partial charge in [0.15, 0.2) is 11.6 Å². The third kappa shape index (κ3) is 10.0.